The molecule has 8 nitrogen and oxygen atoms in total. The lowest BCUT2D eigenvalue weighted by Gasteiger charge is -2.21. The molecule has 1 aliphatic heterocycles. The second kappa shape index (κ2) is 7.55. The number of carbonyl (C=O) groups excluding carboxylic acids is 1. The van der Waals surface area contributed by atoms with Crippen molar-refractivity contribution in [3.05, 3.63) is 53.2 Å². The Kier molecular flexibility index (Phi) is 4.95. The first kappa shape index (κ1) is 18.4. The number of rotatable bonds is 5. The third-order valence-electron chi connectivity index (χ3n) is 5.37. The Morgan fingerprint density at radius 2 is 2.14 bits per heavy atom. The van der Waals surface area contributed by atoms with Gasteiger partial charge in [0.25, 0.3) is 5.91 Å². The van der Waals surface area contributed by atoms with Gasteiger partial charge in [0.2, 0.25) is 5.82 Å². The Labute approximate surface area is 164 Å². The minimum Gasteiger partial charge on any atom is -0.355 e. The van der Waals surface area contributed by atoms with Crippen molar-refractivity contribution in [3.8, 4) is 0 Å². The molecule has 1 atom stereocenters. The highest BCUT2D eigenvalue weighted by Gasteiger charge is 2.26. The lowest BCUT2D eigenvalue weighted by molar-refractivity contribution is 0.0952. The molecule has 0 bridgehead atoms. The number of amides is 1. The molecule has 0 aromatic carbocycles. The van der Waals surface area contributed by atoms with Crippen molar-refractivity contribution in [2.75, 3.05) is 25.0 Å². The highest BCUT2D eigenvalue weighted by molar-refractivity contribution is 5.90. The van der Waals surface area contributed by atoms with Crippen molar-refractivity contribution < 1.29 is 4.79 Å². The molecule has 146 valence electrons. The molecule has 0 radical (unpaired) electrons. The number of pyridine rings is 1. The van der Waals surface area contributed by atoms with E-state index >= 15 is 0 Å². The van der Waals surface area contributed by atoms with Crippen LogP contribution in [0.15, 0.2) is 30.6 Å². The van der Waals surface area contributed by atoms with Crippen LogP contribution < -0.4 is 15.5 Å². The number of nitrogens with zero attached hydrogens (tertiary/aromatic N) is 5. The van der Waals surface area contributed by atoms with Gasteiger partial charge in [-0.05, 0) is 32.4 Å². The second-order valence-electron chi connectivity index (χ2n) is 7.17. The summed E-state index contributed by atoms with van der Waals surface area (Å²) in [5.74, 6) is 0.820. The molecule has 1 aliphatic rings. The molecule has 4 rings (SSSR count). The normalized spacial score (nSPS) is 16.7. The monoisotopic (exact) mass is 379 g/mol. The molecule has 0 saturated carbocycles. The summed E-state index contributed by atoms with van der Waals surface area (Å²) in [6, 6.07) is 6.45. The fourth-order valence-electron chi connectivity index (χ4n) is 3.63. The van der Waals surface area contributed by atoms with E-state index in [2.05, 4.69) is 36.7 Å². The molecule has 1 saturated heterocycles. The van der Waals surface area contributed by atoms with Gasteiger partial charge in [0.05, 0.1) is 11.7 Å². The van der Waals surface area contributed by atoms with Crippen LogP contribution in [0.4, 0.5) is 5.82 Å². The summed E-state index contributed by atoms with van der Waals surface area (Å²) in [6.45, 7) is 6.46. The van der Waals surface area contributed by atoms with E-state index in [1.165, 1.54) is 5.56 Å². The van der Waals surface area contributed by atoms with Crippen LogP contribution in [0.5, 0.6) is 0 Å². The standard InChI is InChI=1S/C20H25N7O/c1-13-14(2)24-18(20(28)21-3)25-19(13)26-9-7-16(12-26)22-10-15-11-23-27-8-5-4-6-17(15)27/h4-6,8,11,16,22H,7,9-10,12H2,1-3H3,(H,21,28)/t16-/m1/s1. The molecule has 3 aromatic heterocycles. The minimum atomic E-state index is -0.258. The first-order chi connectivity index (χ1) is 13.6. The Hall–Kier alpha value is -3.00. The van der Waals surface area contributed by atoms with Gasteiger partial charge in [-0.15, -0.1) is 0 Å². The van der Waals surface area contributed by atoms with Crippen LogP contribution in [0.2, 0.25) is 0 Å². The molecule has 1 amide bonds. The second-order valence-corrected chi connectivity index (χ2v) is 7.17. The van der Waals surface area contributed by atoms with Crippen molar-refractivity contribution in [2.45, 2.75) is 32.9 Å². The van der Waals surface area contributed by atoms with E-state index in [4.69, 9.17) is 0 Å². The summed E-state index contributed by atoms with van der Waals surface area (Å²) in [4.78, 5) is 23.1. The molecular weight excluding hydrogens is 354 g/mol. The quantitative estimate of drug-likeness (QED) is 0.698. The minimum absolute atomic E-state index is 0.225. The maximum Gasteiger partial charge on any atom is 0.288 e. The molecule has 3 aromatic rings. The summed E-state index contributed by atoms with van der Waals surface area (Å²) in [5, 5.41) is 10.6. The predicted molar refractivity (Wildman–Crippen MR) is 108 cm³/mol. The molecule has 0 unspecified atom stereocenters. The average molecular weight is 379 g/mol. The van der Waals surface area contributed by atoms with E-state index in [1.807, 2.05) is 42.9 Å². The Morgan fingerprint density at radius 1 is 1.29 bits per heavy atom. The number of nitrogens with one attached hydrogen (secondary N) is 2. The summed E-state index contributed by atoms with van der Waals surface area (Å²) >= 11 is 0. The van der Waals surface area contributed by atoms with Gasteiger partial charge in [-0.1, -0.05) is 6.07 Å². The highest BCUT2D eigenvalue weighted by atomic mass is 16.2. The number of hydrogen-bond acceptors (Lipinski definition) is 6. The summed E-state index contributed by atoms with van der Waals surface area (Å²) in [5.41, 5.74) is 4.18. The molecular formula is C20H25N7O. The van der Waals surface area contributed by atoms with Crippen LogP contribution in [0.1, 0.15) is 33.9 Å². The molecule has 0 spiro atoms. The van der Waals surface area contributed by atoms with E-state index < -0.39 is 0 Å². The molecule has 2 N–H and O–H groups in total. The van der Waals surface area contributed by atoms with Crippen molar-refractivity contribution in [2.24, 2.45) is 0 Å². The van der Waals surface area contributed by atoms with Crippen LogP contribution in [-0.2, 0) is 6.54 Å². The maximum atomic E-state index is 12.0. The number of aromatic nitrogens is 4. The van der Waals surface area contributed by atoms with Crippen LogP contribution in [0.3, 0.4) is 0 Å². The number of anilines is 1. The van der Waals surface area contributed by atoms with Gasteiger partial charge in [-0.2, -0.15) is 5.10 Å². The predicted octanol–water partition coefficient (Wildman–Crippen LogP) is 1.47. The maximum absolute atomic E-state index is 12.0. The SMILES string of the molecule is CNC(=O)c1nc(C)c(C)c(N2CC[C@@H](NCc3cnn4ccccc34)C2)n1. The summed E-state index contributed by atoms with van der Waals surface area (Å²) < 4.78 is 1.89. The zero-order chi connectivity index (χ0) is 19.7. The van der Waals surface area contributed by atoms with Gasteiger partial charge >= 0.3 is 0 Å². The first-order valence-electron chi connectivity index (χ1n) is 9.53. The number of carbonyl (C=O) groups is 1. The third kappa shape index (κ3) is 3.43. The largest absolute Gasteiger partial charge is 0.355 e. The van der Waals surface area contributed by atoms with Gasteiger partial charge < -0.3 is 15.5 Å². The third-order valence-corrected chi connectivity index (χ3v) is 5.37. The van der Waals surface area contributed by atoms with E-state index in [0.717, 1.165) is 48.6 Å². The van der Waals surface area contributed by atoms with E-state index in [9.17, 15) is 4.79 Å². The van der Waals surface area contributed by atoms with E-state index in [-0.39, 0.29) is 11.7 Å². The molecule has 4 heterocycles. The Morgan fingerprint density at radius 3 is 2.96 bits per heavy atom. The molecule has 0 aliphatic carbocycles. The lowest BCUT2D eigenvalue weighted by atomic mass is 10.2. The van der Waals surface area contributed by atoms with Crippen LogP contribution in [0.25, 0.3) is 5.52 Å². The van der Waals surface area contributed by atoms with Crippen molar-refractivity contribution in [1.82, 2.24) is 30.2 Å². The molecule has 28 heavy (non-hydrogen) atoms. The number of fused-ring (bicyclic) bond motifs is 1. The van der Waals surface area contributed by atoms with Gasteiger partial charge in [0.1, 0.15) is 5.82 Å². The highest BCUT2D eigenvalue weighted by Crippen LogP contribution is 2.24. The summed E-state index contributed by atoms with van der Waals surface area (Å²) in [7, 11) is 1.59. The van der Waals surface area contributed by atoms with Gasteiger partial charge in [0, 0.05) is 55.7 Å². The van der Waals surface area contributed by atoms with Gasteiger partial charge in [-0.3, -0.25) is 4.79 Å². The van der Waals surface area contributed by atoms with Crippen molar-refractivity contribution in [1.29, 1.82) is 0 Å². The van der Waals surface area contributed by atoms with Gasteiger partial charge in [0.15, 0.2) is 0 Å². The molecule has 1 fully saturated rings. The fourth-order valence-corrected chi connectivity index (χ4v) is 3.63. The van der Waals surface area contributed by atoms with Crippen LogP contribution >= 0.6 is 0 Å². The van der Waals surface area contributed by atoms with E-state index in [0.29, 0.717) is 6.04 Å². The van der Waals surface area contributed by atoms with Crippen molar-refractivity contribution in [3.63, 3.8) is 0 Å². The fraction of sp³-hybridized carbons (Fsp3) is 0.400. The zero-order valence-corrected chi connectivity index (χ0v) is 16.4. The smallest absolute Gasteiger partial charge is 0.288 e. The Bertz CT molecular complexity index is 1010. The van der Waals surface area contributed by atoms with Crippen LogP contribution in [0, 0.1) is 13.8 Å². The lowest BCUT2D eigenvalue weighted by Crippen LogP contribution is -2.33. The topological polar surface area (TPSA) is 87.5 Å². The van der Waals surface area contributed by atoms with E-state index in [1.54, 1.807) is 7.05 Å². The first-order valence-corrected chi connectivity index (χ1v) is 9.53. The zero-order valence-electron chi connectivity index (χ0n) is 16.4. The summed E-state index contributed by atoms with van der Waals surface area (Å²) in [6.07, 6.45) is 4.90. The van der Waals surface area contributed by atoms with Crippen molar-refractivity contribution >= 4 is 17.2 Å². The van der Waals surface area contributed by atoms with Gasteiger partial charge in [-0.25, -0.2) is 14.5 Å². The number of aryl methyl sites for hydroxylation is 1. The number of hydrogen-bond donors (Lipinski definition) is 2. The molecule has 8 heteroatoms. The van der Waals surface area contributed by atoms with Crippen LogP contribution in [-0.4, -0.2) is 51.7 Å². The Balaban J connectivity index is 1.45. The average Bonchev–Trinajstić information content (AvgIpc) is 3.34.